The number of carbonyl (C=O) groups excluding carboxylic acids is 2. The molecule has 1 fully saturated rings. The molecule has 230 valence electrons. The van der Waals surface area contributed by atoms with Crippen molar-refractivity contribution in [3.05, 3.63) is 84.8 Å². The van der Waals surface area contributed by atoms with Gasteiger partial charge in [-0.05, 0) is 85.8 Å². The molecule has 0 saturated carbocycles. The lowest BCUT2D eigenvalue weighted by Gasteiger charge is -2.33. The summed E-state index contributed by atoms with van der Waals surface area (Å²) in [5.74, 6) is 3.01. The van der Waals surface area contributed by atoms with Gasteiger partial charge in [-0.2, -0.15) is 5.10 Å². The normalized spacial score (nSPS) is 13.8. The molecule has 0 radical (unpaired) electrons. The lowest BCUT2D eigenvalue weighted by molar-refractivity contribution is -0.266. The maximum absolute atomic E-state index is 13.0. The Labute approximate surface area is 256 Å². The zero-order valence-electron chi connectivity index (χ0n) is 25.2. The van der Waals surface area contributed by atoms with Crippen LogP contribution in [0.15, 0.2) is 79.1 Å². The molecule has 11 nitrogen and oxygen atoms in total. The zero-order chi connectivity index (χ0) is 31.1. The summed E-state index contributed by atoms with van der Waals surface area (Å²) in [6, 6.07) is 19.7. The number of hydrogen-bond donors (Lipinski definition) is 2. The van der Waals surface area contributed by atoms with Crippen molar-refractivity contribution in [2.45, 2.75) is 45.4 Å². The summed E-state index contributed by atoms with van der Waals surface area (Å²) in [4.78, 5) is 29.3. The highest BCUT2D eigenvalue weighted by atomic mass is 16.5. The van der Waals surface area contributed by atoms with Crippen LogP contribution in [0.5, 0.6) is 17.2 Å². The number of piperidine rings is 1. The number of carbonyl (C=O) groups is 2. The van der Waals surface area contributed by atoms with Crippen LogP contribution in [0, 0.1) is 5.92 Å². The first-order chi connectivity index (χ1) is 21.1. The van der Waals surface area contributed by atoms with Crippen molar-refractivity contribution in [2.75, 3.05) is 30.3 Å². The van der Waals surface area contributed by atoms with Gasteiger partial charge in [0.25, 0.3) is 0 Å². The van der Waals surface area contributed by atoms with Crippen molar-refractivity contribution < 1.29 is 24.2 Å². The number of anilines is 2. The van der Waals surface area contributed by atoms with E-state index in [9.17, 15) is 14.7 Å². The van der Waals surface area contributed by atoms with E-state index in [1.165, 1.54) is 4.90 Å². The Hall–Kier alpha value is -5.06. The molecule has 0 bridgehead atoms. The second-order valence-electron chi connectivity index (χ2n) is 11.8. The number of nitrogens with one attached hydrogen (secondary N) is 2. The van der Waals surface area contributed by atoms with E-state index in [0.29, 0.717) is 48.6 Å². The second-order valence-corrected chi connectivity index (χ2v) is 11.8. The fourth-order valence-corrected chi connectivity index (χ4v) is 4.89. The Kier molecular flexibility index (Phi) is 9.32. The standard InChI is InChI=1S/C33H38N6O5/c1-33(2,3)29-22-30(36-31(40)35-24-4-8-27(9-5-24)44-28-12-17-34-18-13-28)39(37-29)25-6-10-26(11-7-25)43-21-16-23-14-19-38(20-15-23)32(41)42/h4-13,17-18,22-23H,14-16,19-21H2,1-3H3,(H,41,42)(H2,35,36,40)/p-1. The second kappa shape index (κ2) is 13.5. The van der Waals surface area contributed by atoms with E-state index >= 15 is 0 Å². The summed E-state index contributed by atoms with van der Waals surface area (Å²) >= 11 is 0. The maximum Gasteiger partial charge on any atom is 0.324 e. The Morgan fingerprint density at radius 2 is 1.55 bits per heavy atom. The Balaban J connectivity index is 1.19. The summed E-state index contributed by atoms with van der Waals surface area (Å²) in [7, 11) is 0. The third-order valence-corrected chi connectivity index (χ3v) is 7.47. The van der Waals surface area contributed by atoms with E-state index < -0.39 is 12.1 Å². The molecule has 2 N–H and O–H groups in total. The number of hydrogen-bond acceptors (Lipinski definition) is 7. The minimum absolute atomic E-state index is 0.233. The van der Waals surface area contributed by atoms with Gasteiger partial charge in [-0.3, -0.25) is 10.3 Å². The molecule has 5 rings (SSSR count). The number of ether oxygens (including phenoxy) is 2. The lowest BCUT2D eigenvalue weighted by Crippen LogP contribution is -2.45. The third-order valence-electron chi connectivity index (χ3n) is 7.47. The molecule has 1 aliphatic rings. The number of pyridine rings is 1. The summed E-state index contributed by atoms with van der Waals surface area (Å²) in [5.41, 5.74) is 1.98. The molecule has 3 amide bonds. The van der Waals surface area contributed by atoms with Crippen molar-refractivity contribution in [1.82, 2.24) is 19.7 Å². The van der Waals surface area contributed by atoms with Gasteiger partial charge in [0.1, 0.15) is 29.2 Å². The Morgan fingerprint density at radius 1 is 0.909 bits per heavy atom. The fourth-order valence-electron chi connectivity index (χ4n) is 4.89. The van der Waals surface area contributed by atoms with Crippen molar-refractivity contribution in [1.29, 1.82) is 0 Å². The number of carboxylic acid groups (broad SMARTS) is 1. The quantitative estimate of drug-likeness (QED) is 0.248. The van der Waals surface area contributed by atoms with Crippen LogP contribution >= 0.6 is 0 Å². The molecular formula is C33H37N6O5-. The largest absolute Gasteiger partial charge is 0.530 e. The van der Waals surface area contributed by atoms with Gasteiger partial charge in [-0.25, -0.2) is 9.48 Å². The molecule has 0 atom stereocenters. The molecule has 1 saturated heterocycles. The predicted molar refractivity (Wildman–Crippen MR) is 165 cm³/mol. The van der Waals surface area contributed by atoms with E-state index in [0.717, 1.165) is 36.4 Å². The van der Waals surface area contributed by atoms with Crippen molar-refractivity contribution >= 4 is 23.6 Å². The summed E-state index contributed by atoms with van der Waals surface area (Å²) in [6.07, 6.45) is 4.72. The molecule has 0 spiro atoms. The number of urea groups is 1. The minimum Gasteiger partial charge on any atom is -0.530 e. The highest BCUT2D eigenvalue weighted by molar-refractivity contribution is 5.99. The Bertz CT molecular complexity index is 1540. The SMILES string of the molecule is CC(C)(C)c1cc(NC(=O)Nc2ccc(Oc3ccncc3)cc2)n(-c2ccc(OCCC3CCN(C(=O)[O-])CC3)cc2)n1. The predicted octanol–water partition coefficient (Wildman–Crippen LogP) is 5.83. The topological polar surface area (TPSA) is 134 Å². The molecule has 44 heavy (non-hydrogen) atoms. The van der Waals surface area contributed by atoms with Crippen LogP contribution in [0.25, 0.3) is 5.69 Å². The van der Waals surface area contributed by atoms with Gasteiger partial charge >= 0.3 is 6.03 Å². The molecule has 0 aliphatic carbocycles. The van der Waals surface area contributed by atoms with Crippen LogP contribution in [0.3, 0.4) is 0 Å². The van der Waals surface area contributed by atoms with Crippen LogP contribution < -0.4 is 25.2 Å². The number of nitrogens with zero attached hydrogens (tertiary/aromatic N) is 4. The monoisotopic (exact) mass is 597 g/mol. The molecule has 2 aromatic heterocycles. The van der Waals surface area contributed by atoms with Gasteiger partial charge in [-0.1, -0.05) is 20.8 Å². The average Bonchev–Trinajstić information content (AvgIpc) is 3.43. The number of aromatic nitrogens is 3. The highest BCUT2D eigenvalue weighted by Crippen LogP contribution is 2.28. The van der Waals surface area contributed by atoms with Crippen molar-refractivity contribution in [3.8, 4) is 22.9 Å². The average molecular weight is 598 g/mol. The van der Waals surface area contributed by atoms with Gasteiger partial charge < -0.3 is 29.6 Å². The van der Waals surface area contributed by atoms with Gasteiger partial charge in [0.15, 0.2) is 0 Å². The first kappa shape index (κ1) is 30.4. The number of benzene rings is 2. The van der Waals surface area contributed by atoms with E-state index in [4.69, 9.17) is 14.6 Å². The van der Waals surface area contributed by atoms with Gasteiger partial charge in [0, 0.05) is 42.7 Å². The van der Waals surface area contributed by atoms with E-state index in [2.05, 4.69) is 36.4 Å². The highest BCUT2D eigenvalue weighted by Gasteiger charge is 2.22. The molecule has 4 aromatic rings. The molecular weight excluding hydrogens is 560 g/mol. The molecule has 2 aromatic carbocycles. The third kappa shape index (κ3) is 8.06. The van der Waals surface area contributed by atoms with Crippen molar-refractivity contribution in [3.63, 3.8) is 0 Å². The van der Waals surface area contributed by atoms with Crippen LogP contribution in [0.2, 0.25) is 0 Å². The summed E-state index contributed by atoms with van der Waals surface area (Å²) in [6.45, 7) is 7.79. The molecule has 0 unspecified atom stereocenters. The maximum atomic E-state index is 13.0. The van der Waals surface area contributed by atoms with Crippen LogP contribution in [-0.2, 0) is 5.41 Å². The zero-order valence-corrected chi connectivity index (χ0v) is 25.2. The van der Waals surface area contributed by atoms with E-state index in [1.807, 2.05) is 30.3 Å². The first-order valence-electron chi connectivity index (χ1n) is 14.7. The number of likely N-dealkylation sites (tertiary alicyclic amines) is 1. The van der Waals surface area contributed by atoms with E-state index in [1.54, 1.807) is 53.5 Å². The fraction of sp³-hybridized carbons (Fsp3) is 0.333. The van der Waals surface area contributed by atoms with Gasteiger partial charge in [-0.15, -0.1) is 0 Å². The first-order valence-corrected chi connectivity index (χ1v) is 14.7. The van der Waals surface area contributed by atoms with Crippen molar-refractivity contribution in [2.24, 2.45) is 5.92 Å². The summed E-state index contributed by atoms with van der Waals surface area (Å²) < 4.78 is 13.5. The molecule has 11 heteroatoms. The van der Waals surface area contributed by atoms with Crippen LogP contribution in [0.1, 0.15) is 45.7 Å². The Morgan fingerprint density at radius 3 is 2.18 bits per heavy atom. The lowest BCUT2D eigenvalue weighted by atomic mass is 9.92. The van der Waals surface area contributed by atoms with Crippen LogP contribution in [0.4, 0.5) is 21.1 Å². The number of amides is 3. The molecule has 3 heterocycles. The molecule has 1 aliphatic heterocycles. The number of rotatable bonds is 9. The van der Waals surface area contributed by atoms with Crippen LogP contribution in [-0.4, -0.2) is 51.5 Å². The van der Waals surface area contributed by atoms with E-state index in [-0.39, 0.29) is 5.41 Å². The van der Waals surface area contributed by atoms with Gasteiger partial charge in [0.05, 0.1) is 18.0 Å². The minimum atomic E-state index is -1.09. The summed E-state index contributed by atoms with van der Waals surface area (Å²) in [5, 5.41) is 21.6. The smallest absolute Gasteiger partial charge is 0.324 e. The van der Waals surface area contributed by atoms with Gasteiger partial charge in [0.2, 0.25) is 0 Å².